The molecule has 1 fully saturated rings. The molecule has 0 aromatic carbocycles. The lowest BCUT2D eigenvalue weighted by molar-refractivity contribution is 0.225. The molecule has 2 rings (SSSR count). The fraction of sp³-hybridized carbons (Fsp3) is 0.611. The van der Waals surface area contributed by atoms with Crippen molar-refractivity contribution in [1.82, 2.24) is 15.5 Å². The van der Waals surface area contributed by atoms with E-state index in [-0.39, 0.29) is 0 Å². The van der Waals surface area contributed by atoms with Crippen LogP contribution in [0.5, 0.6) is 0 Å². The molecule has 1 aromatic rings. The Labute approximate surface area is 139 Å². The van der Waals surface area contributed by atoms with E-state index in [0.717, 1.165) is 62.1 Å². The predicted molar refractivity (Wildman–Crippen MR) is 95.8 cm³/mol. The summed E-state index contributed by atoms with van der Waals surface area (Å²) in [6.07, 6.45) is 4.26. The largest absolute Gasteiger partial charge is 0.466 e. The first-order valence-corrected chi connectivity index (χ1v) is 8.56. The number of hydrogen-bond donors (Lipinski definition) is 2. The second kappa shape index (κ2) is 8.77. The second-order valence-corrected chi connectivity index (χ2v) is 6.14. The molecule has 1 aliphatic heterocycles. The highest BCUT2D eigenvalue weighted by atomic mass is 16.3. The number of likely N-dealkylation sites (tertiary alicyclic amines) is 1. The minimum Gasteiger partial charge on any atom is -0.466 e. The van der Waals surface area contributed by atoms with Gasteiger partial charge in [-0.25, -0.2) is 4.99 Å². The summed E-state index contributed by atoms with van der Waals surface area (Å²) >= 11 is 0. The third-order valence-corrected chi connectivity index (χ3v) is 4.21. The van der Waals surface area contributed by atoms with Gasteiger partial charge < -0.3 is 15.1 Å². The van der Waals surface area contributed by atoms with Crippen molar-refractivity contribution in [2.24, 2.45) is 4.99 Å². The fourth-order valence-corrected chi connectivity index (χ4v) is 2.96. The molecule has 5 nitrogen and oxygen atoms in total. The van der Waals surface area contributed by atoms with Gasteiger partial charge in [0.2, 0.25) is 0 Å². The summed E-state index contributed by atoms with van der Waals surface area (Å²) < 4.78 is 5.57. The molecule has 1 aromatic heterocycles. The highest BCUT2D eigenvalue weighted by Gasteiger charge is 2.19. The first-order chi connectivity index (χ1) is 11.1. The van der Waals surface area contributed by atoms with Gasteiger partial charge in [-0.05, 0) is 39.7 Å². The van der Waals surface area contributed by atoms with Gasteiger partial charge in [-0.2, -0.15) is 0 Å². The van der Waals surface area contributed by atoms with E-state index in [2.05, 4.69) is 35.1 Å². The van der Waals surface area contributed by atoms with Gasteiger partial charge in [-0.1, -0.05) is 6.08 Å². The van der Waals surface area contributed by atoms with Crippen LogP contribution in [0.1, 0.15) is 36.8 Å². The highest BCUT2D eigenvalue weighted by Crippen LogP contribution is 2.15. The van der Waals surface area contributed by atoms with E-state index < -0.39 is 0 Å². The Morgan fingerprint density at radius 3 is 2.74 bits per heavy atom. The van der Waals surface area contributed by atoms with E-state index in [1.807, 2.05) is 19.9 Å². The van der Waals surface area contributed by atoms with Crippen molar-refractivity contribution >= 4 is 5.96 Å². The van der Waals surface area contributed by atoms with Crippen LogP contribution in [0.3, 0.4) is 0 Å². The van der Waals surface area contributed by atoms with Gasteiger partial charge in [-0.15, -0.1) is 6.58 Å². The Morgan fingerprint density at radius 2 is 2.17 bits per heavy atom. The maximum Gasteiger partial charge on any atom is 0.191 e. The zero-order valence-electron chi connectivity index (χ0n) is 14.7. The molecule has 5 heteroatoms. The minimum atomic E-state index is 0.487. The lowest BCUT2D eigenvalue weighted by Gasteiger charge is -2.32. The number of furan rings is 1. The molecule has 0 unspecified atom stereocenters. The first-order valence-electron chi connectivity index (χ1n) is 8.56. The second-order valence-electron chi connectivity index (χ2n) is 6.14. The maximum atomic E-state index is 5.57. The maximum absolute atomic E-state index is 5.57. The zero-order chi connectivity index (χ0) is 16.7. The molecular weight excluding hydrogens is 288 g/mol. The zero-order valence-corrected chi connectivity index (χ0v) is 14.7. The van der Waals surface area contributed by atoms with Crippen LogP contribution < -0.4 is 10.6 Å². The SMILES string of the molecule is C=CCN1CCC(NC(=NCc2cc(C)oc2C)NCC)CC1. The van der Waals surface area contributed by atoms with Crippen molar-refractivity contribution in [2.45, 2.75) is 46.2 Å². The number of aliphatic imine (C=N–C) groups is 1. The topological polar surface area (TPSA) is 52.8 Å². The number of nitrogens with one attached hydrogen (secondary N) is 2. The summed E-state index contributed by atoms with van der Waals surface area (Å²) in [5, 5.41) is 6.91. The van der Waals surface area contributed by atoms with Crippen molar-refractivity contribution in [3.63, 3.8) is 0 Å². The lowest BCUT2D eigenvalue weighted by Crippen LogP contribution is -2.48. The van der Waals surface area contributed by atoms with Gasteiger partial charge in [0.25, 0.3) is 0 Å². The van der Waals surface area contributed by atoms with E-state index >= 15 is 0 Å². The molecule has 0 amide bonds. The Hall–Kier alpha value is -1.75. The summed E-state index contributed by atoms with van der Waals surface area (Å²) in [5.74, 6) is 2.80. The summed E-state index contributed by atoms with van der Waals surface area (Å²) in [6.45, 7) is 14.6. The summed E-state index contributed by atoms with van der Waals surface area (Å²) in [7, 11) is 0. The normalized spacial score (nSPS) is 17.3. The van der Waals surface area contributed by atoms with Crippen LogP contribution in [0.15, 0.2) is 28.1 Å². The number of aryl methyl sites for hydroxylation is 2. The van der Waals surface area contributed by atoms with Crippen LogP contribution in [0, 0.1) is 13.8 Å². The number of guanidine groups is 1. The van der Waals surface area contributed by atoms with Crippen molar-refractivity contribution in [3.05, 3.63) is 35.8 Å². The molecule has 0 radical (unpaired) electrons. The predicted octanol–water partition coefficient (Wildman–Crippen LogP) is 2.60. The van der Waals surface area contributed by atoms with Gasteiger partial charge in [0.05, 0.1) is 6.54 Å². The van der Waals surface area contributed by atoms with Crippen LogP contribution in [0.25, 0.3) is 0 Å². The van der Waals surface area contributed by atoms with Gasteiger partial charge in [0.15, 0.2) is 5.96 Å². The van der Waals surface area contributed by atoms with Gasteiger partial charge in [0.1, 0.15) is 11.5 Å². The molecule has 23 heavy (non-hydrogen) atoms. The standard InChI is InChI=1S/C18H30N4O/c1-5-9-22-10-7-17(8-11-22)21-18(19-6-2)20-13-16-12-14(3)23-15(16)4/h5,12,17H,1,6-11,13H2,2-4H3,(H2,19,20,21). The molecule has 0 aliphatic carbocycles. The van der Waals surface area contributed by atoms with Crippen LogP contribution in [-0.2, 0) is 6.54 Å². The third-order valence-electron chi connectivity index (χ3n) is 4.21. The minimum absolute atomic E-state index is 0.487. The molecule has 0 spiro atoms. The Morgan fingerprint density at radius 1 is 1.43 bits per heavy atom. The van der Waals surface area contributed by atoms with Crippen molar-refractivity contribution in [2.75, 3.05) is 26.2 Å². The highest BCUT2D eigenvalue weighted by molar-refractivity contribution is 5.80. The number of rotatable bonds is 6. The molecular formula is C18H30N4O. The molecule has 128 valence electrons. The Balaban J connectivity index is 1.89. The first kappa shape index (κ1) is 17.6. The van der Waals surface area contributed by atoms with Crippen molar-refractivity contribution in [1.29, 1.82) is 0 Å². The Bertz CT molecular complexity index is 527. The summed E-state index contributed by atoms with van der Waals surface area (Å²) in [5.41, 5.74) is 1.15. The van der Waals surface area contributed by atoms with E-state index in [0.29, 0.717) is 12.6 Å². The average Bonchev–Trinajstić information content (AvgIpc) is 2.85. The smallest absolute Gasteiger partial charge is 0.191 e. The van der Waals surface area contributed by atoms with Crippen LogP contribution >= 0.6 is 0 Å². The number of nitrogens with zero attached hydrogens (tertiary/aromatic N) is 2. The number of hydrogen-bond acceptors (Lipinski definition) is 3. The van der Waals surface area contributed by atoms with E-state index in [1.165, 1.54) is 0 Å². The summed E-state index contributed by atoms with van der Waals surface area (Å²) in [6, 6.07) is 2.55. The average molecular weight is 318 g/mol. The van der Waals surface area contributed by atoms with Crippen molar-refractivity contribution < 1.29 is 4.42 Å². The van der Waals surface area contributed by atoms with E-state index in [9.17, 15) is 0 Å². The van der Waals surface area contributed by atoms with Crippen LogP contribution in [-0.4, -0.2) is 43.1 Å². The molecule has 2 N–H and O–H groups in total. The quantitative estimate of drug-likeness (QED) is 0.481. The van der Waals surface area contributed by atoms with Gasteiger partial charge in [0, 0.05) is 37.8 Å². The lowest BCUT2D eigenvalue weighted by atomic mass is 10.1. The van der Waals surface area contributed by atoms with Gasteiger partial charge >= 0.3 is 0 Å². The molecule has 1 saturated heterocycles. The third kappa shape index (κ3) is 5.43. The summed E-state index contributed by atoms with van der Waals surface area (Å²) in [4.78, 5) is 7.15. The van der Waals surface area contributed by atoms with Crippen LogP contribution in [0.2, 0.25) is 0 Å². The van der Waals surface area contributed by atoms with Crippen molar-refractivity contribution in [3.8, 4) is 0 Å². The molecule has 1 aliphatic rings. The van der Waals surface area contributed by atoms with E-state index in [1.54, 1.807) is 0 Å². The molecule has 0 atom stereocenters. The van der Waals surface area contributed by atoms with Crippen LogP contribution in [0.4, 0.5) is 0 Å². The van der Waals surface area contributed by atoms with Gasteiger partial charge in [-0.3, -0.25) is 4.90 Å². The molecule has 2 heterocycles. The molecule has 0 bridgehead atoms. The Kier molecular flexibility index (Phi) is 6.71. The van der Waals surface area contributed by atoms with E-state index in [4.69, 9.17) is 9.41 Å². The number of piperidine rings is 1. The molecule has 0 saturated carbocycles. The fourth-order valence-electron chi connectivity index (χ4n) is 2.96. The monoisotopic (exact) mass is 318 g/mol.